The van der Waals surface area contributed by atoms with Gasteiger partial charge in [0.2, 0.25) is 0 Å². The summed E-state index contributed by atoms with van der Waals surface area (Å²) in [6.07, 6.45) is 2.47. The molecule has 13 heavy (non-hydrogen) atoms. The number of hydrogen-bond acceptors (Lipinski definition) is 4. The van der Waals surface area contributed by atoms with E-state index in [2.05, 4.69) is 4.74 Å². The highest BCUT2D eigenvalue weighted by molar-refractivity contribution is 5.94. The van der Waals surface area contributed by atoms with E-state index in [1.165, 1.54) is 12.2 Å². The zero-order chi connectivity index (χ0) is 9.90. The van der Waals surface area contributed by atoms with Crippen LogP contribution in [-0.4, -0.2) is 29.1 Å². The van der Waals surface area contributed by atoms with E-state index in [0.29, 0.717) is 0 Å². The van der Waals surface area contributed by atoms with E-state index >= 15 is 0 Å². The van der Waals surface area contributed by atoms with Crippen LogP contribution in [0.2, 0.25) is 0 Å². The molecule has 0 unspecified atom stereocenters. The summed E-state index contributed by atoms with van der Waals surface area (Å²) in [5.41, 5.74) is -1.32. The minimum Gasteiger partial charge on any atom is -0.466 e. The van der Waals surface area contributed by atoms with Crippen molar-refractivity contribution in [2.75, 3.05) is 6.61 Å². The van der Waals surface area contributed by atoms with Crippen LogP contribution >= 0.6 is 0 Å². The Morgan fingerprint density at radius 3 is 2.92 bits per heavy atom. The summed E-state index contributed by atoms with van der Waals surface area (Å²) < 4.78 is 4.66. The Hall–Kier alpha value is -1.16. The molecule has 0 amide bonds. The molecule has 0 aromatic heterocycles. The monoisotopic (exact) mass is 184 g/mol. The second kappa shape index (κ2) is 3.70. The van der Waals surface area contributed by atoms with E-state index in [9.17, 15) is 14.7 Å². The zero-order valence-corrected chi connectivity index (χ0v) is 7.45. The van der Waals surface area contributed by atoms with Gasteiger partial charge in [-0.1, -0.05) is 0 Å². The number of carbonyl (C=O) groups is 2. The lowest BCUT2D eigenvalue weighted by Gasteiger charge is -2.17. The topological polar surface area (TPSA) is 63.6 Å². The molecule has 0 aromatic carbocycles. The number of aliphatic hydroxyl groups is 1. The van der Waals surface area contributed by atoms with Crippen LogP contribution < -0.4 is 0 Å². The van der Waals surface area contributed by atoms with E-state index in [1.54, 1.807) is 6.92 Å². The molecule has 1 aliphatic carbocycles. The summed E-state index contributed by atoms with van der Waals surface area (Å²) in [6.45, 7) is 1.98. The van der Waals surface area contributed by atoms with Gasteiger partial charge in [0.15, 0.2) is 5.78 Å². The van der Waals surface area contributed by atoms with E-state index in [0.717, 1.165) is 0 Å². The van der Waals surface area contributed by atoms with Crippen molar-refractivity contribution in [3.63, 3.8) is 0 Å². The van der Waals surface area contributed by atoms with Crippen LogP contribution in [0.25, 0.3) is 0 Å². The number of esters is 1. The maximum Gasteiger partial charge on any atom is 0.309 e. The van der Waals surface area contributed by atoms with Crippen molar-refractivity contribution in [2.45, 2.75) is 25.4 Å². The van der Waals surface area contributed by atoms with Crippen LogP contribution in [0, 0.1) is 0 Å². The molecule has 0 aliphatic heterocycles. The second-order valence-corrected chi connectivity index (χ2v) is 3.06. The quantitative estimate of drug-likeness (QED) is 0.636. The van der Waals surface area contributed by atoms with Crippen molar-refractivity contribution in [1.82, 2.24) is 0 Å². The summed E-state index contributed by atoms with van der Waals surface area (Å²) in [4.78, 5) is 21.8. The summed E-state index contributed by atoms with van der Waals surface area (Å²) in [7, 11) is 0. The molecule has 0 bridgehead atoms. The largest absolute Gasteiger partial charge is 0.466 e. The van der Waals surface area contributed by atoms with Gasteiger partial charge in [0, 0.05) is 6.42 Å². The predicted octanol–water partition coefficient (Wildman–Crippen LogP) is 0.200. The summed E-state index contributed by atoms with van der Waals surface area (Å²) in [6, 6.07) is 0. The molecule has 1 atom stereocenters. The molecule has 0 fully saturated rings. The molecule has 0 aromatic rings. The third kappa shape index (κ3) is 2.66. The Balaban J connectivity index is 2.49. The standard InChI is InChI=1S/C9H12O4/c1-2-13-8(11)6-9(12)4-3-7(10)5-9/h3-4,12H,2,5-6H2,1H3/t9-/m1/s1. The smallest absolute Gasteiger partial charge is 0.309 e. The maximum absolute atomic E-state index is 11.0. The number of carbonyl (C=O) groups excluding carboxylic acids is 2. The van der Waals surface area contributed by atoms with Crippen LogP contribution in [0.4, 0.5) is 0 Å². The van der Waals surface area contributed by atoms with E-state index in [1.807, 2.05) is 0 Å². The lowest BCUT2D eigenvalue weighted by atomic mass is 9.99. The van der Waals surface area contributed by atoms with Gasteiger partial charge in [-0.25, -0.2) is 0 Å². The first-order chi connectivity index (χ1) is 6.06. The third-order valence-electron chi connectivity index (χ3n) is 1.82. The van der Waals surface area contributed by atoms with Crippen molar-refractivity contribution in [3.05, 3.63) is 12.2 Å². The first kappa shape index (κ1) is 9.92. The Kier molecular flexibility index (Phi) is 2.83. The SMILES string of the molecule is CCOC(=O)C[C@@]1(O)C=CC(=O)C1. The first-order valence-electron chi connectivity index (χ1n) is 4.16. The Labute approximate surface area is 76.2 Å². The number of ketones is 1. The molecule has 0 radical (unpaired) electrons. The Morgan fingerprint density at radius 1 is 1.77 bits per heavy atom. The zero-order valence-electron chi connectivity index (χ0n) is 7.45. The highest BCUT2D eigenvalue weighted by Crippen LogP contribution is 2.23. The third-order valence-corrected chi connectivity index (χ3v) is 1.82. The van der Waals surface area contributed by atoms with Crippen molar-refractivity contribution in [1.29, 1.82) is 0 Å². The molecule has 0 saturated heterocycles. The van der Waals surface area contributed by atoms with Crippen LogP contribution in [0.3, 0.4) is 0 Å². The lowest BCUT2D eigenvalue weighted by Crippen LogP contribution is -2.29. The van der Waals surface area contributed by atoms with Crippen LogP contribution in [0.5, 0.6) is 0 Å². The van der Waals surface area contributed by atoms with Gasteiger partial charge in [-0.2, -0.15) is 0 Å². The van der Waals surface area contributed by atoms with Crippen LogP contribution in [0.1, 0.15) is 19.8 Å². The molecule has 1 N–H and O–H groups in total. The van der Waals surface area contributed by atoms with Crippen molar-refractivity contribution in [2.24, 2.45) is 0 Å². The summed E-state index contributed by atoms with van der Waals surface area (Å²) >= 11 is 0. The van der Waals surface area contributed by atoms with E-state index in [-0.39, 0.29) is 25.2 Å². The maximum atomic E-state index is 11.0. The van der Waals surface area contributed by atoms with Gasteiger partial charge in [0.25, 0.3) is 0 Å². The molecule has 0 saturated carbocycles. The molecule has 0 spiro atoms. The highest BCUT2D eigenvalue weighted by atomic mass is 16.5. The second-order valence-electron chi connectivity index (χ2n) is 3.06. The van der Waals surface area contributed by atoms with E-state index in [4.69, 9.17) is 0 Å². The van der Waals surface area contributed by atoms with Gasteiger partial charge in [-0.3, -0.25) is 9.59 Å². The number of ether oxygens (including phenoxy) is 1. The number of rotatable bonds is 3. The van der Waals surface area contributed by atoms with Gasteiger partial charge in [-0.15, -0.1) is 0 Å². The Bertz CT molecular complexity index is 256. The summed E-state index contributed by atoms with van der Waals surface area (Å²) in [5, 5.41) is 9.65. The molecular weight excluding hydrogens is 172 g/mol. The lowest BCUT2D eigenvalue weighted by molar-refractivity contribution is -0.147. The van der Waals surface area contributed by atoms with Gasteiger partial charge in [0.05, 0.1) is 13.0 Å². The minimum absolute atomic E-state index is 0.0220. The van der Waals surface area contributed by atoms with Gasteiger partial charge < -0.3 is 9.84 Å². The van der Waals surface area contributed by atoms with E-state index < -0.39 is 11.6 Å². The fraction of sp³-hybridized carbons (Fsp3) is 0.556. The molecule has 1 rings (SSSR count). The van der Waals surface area contributed by atoms with Crippen LogP contribution in [0.15, 0.2) is 12.2 Å². The first-order valence-corrected chi connectivity index (χ1v) is 4.16. The van der Waals surface area contributed by atoms with Crippen molar-refractivity contribution in [3.8, 4) is 0 Å². The minimum atomic E-state index is -1.32. The Morgan fingerprint density at radius 2 is 2.46 bits per heavy atom. The van der Waals surface area contributed by atoms with Gasteiger partial charge >= 0.3 is 5.97 Å². The summed E-state index contributed by atoms with van der Waals surface area (Å²) in [5.74, 6) is -0.642. The number of allylic oxidation sites excluding steroid dienone is 1. The normalized spacial score (nSPS) is 26.5. The predicted molar refractivity (Wildman–Crippen MR) is 45.0 cm³/mol. The van der Waals surface area contributed by atoms with Gasteiger partial charge in [-0.05, 0) is 19.1 Å². The molecule has 4 heteroatoms. The number of hydrogen-bond donors (Lipinski definition) is 1. The molecule has 0 heterocycles. The highest BCUT2D eigenvalue weighted by Gasteiger charge is 2.34. The van der Waals surface area contributed by atoms with Crippen LogP contribution in [-0.2, 0) is 14.3 Å². The fourth-order valence-electron chi connectivity index (χ4n) is 1.25. The van der Waals surface area contributed by atoms with Crippen molar-refractivity contribution >= 4 is 11.8 Å². The average Bonchev–Trinajstić information content (AvgIpc) is 2.30. The molecule has 4 nitrogen and oxygen atoms in total. The molecule has 72 valence electrons. The van der Waals surface area contributed by atoms with Gasteiger partial charge in [0.1, 0.15) is 5.60 Å². The van der Waals surface area contributed by atoms with Crippen molar-refractivity contribution < 1.29 is 19.4 Å². The average molecular weight is 184 g/mol. The molecular formula is C9H12O4. The fourth-order valence-corrected chi connectivity index (χ4v) is 1.25. The molecule has 1 aliphatic rings.